The van der Waals surface area contributed by atoms with Gasteiger partial charge in [-0.15, -0.1) is 0 Å². The topological polar surface area (TPSA) is 50.4 Å². The first-order valence-electron chi connectivity index (χ1n) is 7.85. The molecule has 0 heterocycles. The van der Waals surface area contributed by atoms with Gasteiger partial charge in [-0.3, -0.25) is 0 Å². The third-order valence-electron chi connectivity index (χ3n) is 3.58. The van der Waals surface area contributed by atoms with Crippen LogP contribution in [0.2, 0.25) is 0 Å². The van der Waals surface area contributed by atoms with Crippen molar-refractivity contribution in [3.05, 3.63) is 48.3 Å². The number of carbonyl (C=O) groups is 1. The molecule has 0 aliphatic rings. The first-order chi connectivity index (χ1) is 11.5. The van der Waals surface area contributed by atoms with E-state index in [1.165, 1.54) is 12.1 Å². The van der Waals surface area contributed by atoms with Gasteiger partial charge in [-0.25, -0.2) is 0 Å². The molecule has 0 saturated carbocycles. The molecule has 2 aromatic rings. The van der Waals surface area contributed by atoms with Gasteiger partial charge in [0, 0.05) is 6.04 Å². The van der Waals surface area contributed by atoms with Crippen molar-refractivity contribution in [3.63, 3.8) is 0 Å². The summed E-state index contributed by atoms with van der Waals surface area (Å²) in [6, 6.07) is 11.4. The number of benzene rings is 2. The second kappa shape index (κ2) is 8.74. The van der Waals surface area contributed by atoms with Crippen LogP contribution in [0.1, 0.15) is 26.7 Å². The Bertz CT molecular complexity index is 688. The SMILES string of the molecule is CCC(CC)NC(=O)Nc1ccc(Oc2ccc([As])cc2)cc1F. The second-order valence-corrected chi connectivity index (χ2v) is 6.43. The van der Waals surface area contributed by atoms with Gasteiger partial charge in [-0.2, -0.15) is 0 Å². The minimum atomic E-state index is -0.545. The molecule has 4 nitrogen and oxygen atoms in total. The Balaban J connectivity index is 2.01. The van der Waals surface area contributed by atoms with Crippen molar-refractivity contribution < 1.29 is 13.9 Å². The summed E-state index contributed by atoms with van der Waals surface area (Å²) in [5, 5.41) is 5.33. The standard InChI is InChI=1S/C18H20AsFN2O2/c1-3-13(4-2)21-18(23)22-17-10-9-15(11-16(17)20)24-14-7-5-12(19)6-8-14/h5-11,13H,3-4H2,1-2H3,(H2,21,22,23). The molecular weight excluding hydrogens is 370 g/mol. The molecule has 0 saturated heterocycles. The Kier molecular flexibility index (Phi) is 6.68. The van der Waals surface area contributed by atoms with Crippen LogP contribution in [0.4, 0.5) is 14.9 Å². The molecule has 0 aliphatic carbocycles. The molecule has 6 heteroatoms. The molecule has 0 aromatic heterocycles. The second-order valence-electron chi connectivity index (χ2n) is 5.35. The Morgan fingerprint density at radius 1 is 1.12 bits per heavy atom. The zero-order valence-electron chi connectivity index (χ0n) is 13.7. The Morgan fingerprint density at radius 2 is 1.75 bits per heavy atom. The van der Waals surface area contributed by atoms with Crippen molar-refractivity contribution >= 4 is 32.9 Å². The molecule has 2 amide bonds. The molecule has 126 valence electrons. The molecule has 2 aromatic carbocycles. The van der Waals surface area contributed by atoms with Gasteiger partial charge in [0.05, 0.1) is 0 Å². The Labute approximate surface area is 150 Å². The van der Waals surface area contributed by atoms with Crippen LogP contribution >= 0.6 is 0 Å². The van der Waals surface area contributed by atoms with E-state index in [4.69, 9.17) is 4.74 Å². The number of urea groups is 1. The third kappa shape index (κ3) is 5.27. The normalized spacial score (nSPS) is 10.5. The molecule has 2 rings (SSSR count). The number of carbonyl (C=O) groups excluding carboxylic acids is 1. The fourth-order valence-corrected chi connectivity index (χ4v) is 2.46. The number of ether oxygens (including phenoxy) is 1. The summed E-state index contributed by atoms with van der Waals surface area (Å²) in [4.78, 5) is 11.9. The molecule has 0 atom stereocenters. The van der Waals surface area contributed by atoms with Crippen LogP contribution in [0.25, 0.3) is 0 Å². The monoisotopic (exact) mass is 390 g/mol. The van der Waals surface area contributed by atoms with Crippen LogP contribution in [0.5, 0.6) is 11.5 Å². The summed E-state index contributed by atoms with van der Waals surface area (Å²) >= 11 is 2.44. The van der Waals surface area contributed by atoms with E-state index >= 15 is 0 Å². The first-order valence-corrected chi connectivity index (χ1v) is 8.79. The van der Waals surface area contributed by atoms with Crippen molar-refractivity contribution in [2.45, 2.75) is 32.7 Å². The van der Waals surface area contributed by atoms with Crippen molar-refractivity contribution in [2.24, 2.45) is 0 Å². The van der Waals surface area contributed by atoms with E-state index in [9.17, 15) is 9.18 Å². The van der Waals surface area contributed by atoms with Crippen molar-refractivity contribution in [1.82, 2.24) is 5.32 Å². The number of amides is 2. The van der Waals surface area contributed by atoms with Gasteiger partial charge in [0.2, 0.25) is 0 Å². The average molecular weight is 390 g/mol. The first kappa shape index (κ1) is 18.3. The zero-order valence-corrected chi connectivity index (χ0v) is 15.6. The van der Waals surface area contributed by atoms with Crippen LogP contribution in [0, 0.1) is 5.82 Å². The number of hydrogen-bond donors (Lipinski definition) is 2. The molecule has 0 fully saturated rings. The number of halogens is 1. The molecule has 0 unspecified atom stereocenters. The Hall–Kier alpha value is -2.00. The third-order valence-corrected chi connectivity index (χ3v) is 4.21. The summed E-state index contributed by atoms with van der Waals surface area (Å²) in [6.45, 7) is 3.98. The van der Waals surface area contributed by atoms with Gasteiger partial charge in [0.1, 0.15) is 0 Å². The molecule has 2 radical (unpaired) electrons. The maximum absolute atomic E-state index is 14.2. The molecule has 0 spiro atoms. The summed E-state index contributed by atoms with van der Waals surface area (Å²) in [7, 11) is 0. The molecule has 0 bridgehead atoms. The fraction of sp³-hybridized carbons (Fsp3) is 0.278. The molecule has 24 heavy (non-hydrogen) atoms. The number of hydrogen-bond acceptors (Lipinski definition) is 2. The van der Waals surface area contributed by atoms with E-state index in [0.717, 1.165) is 17.2 Å². The van der Waals surface area contributed by atoms with E-state index in [1.807, 2.05) is 26.0 Å². The predicted molar refractivity (Wildman–Crippen MR) is 94.8 cm³/mol. The molecular formula is C18H20AsFN2O2. The minimum absolute atomic E-state index is 0.0795. The molecule has 2 N–H and O–H groups in total. The summed E-state index contributed by atoms with van der Waals surface area (Å²) in [6.07, 6.45) is 1.66. The van der Waals surface area contributed by atoms with Gasteiger partial charge >= 0.3 is 117 Å². The van der Waals surface area contributed by atoms with Crippen molar-refractivity contribution in [2.75, 3.05) is 5.32 Å². The Morgan fingerprint density at radius 3 is 2.33 bits per heavy atom. The fourth-order valence-electron chi connectivity index (χ4n) is 2.15. The summed E-state index contributed by atoms with van der Waals surface area (Å²) in [5.41, 5.74) is 0.118. The van der Waals surface area contributed by atoms with Gasteiger partial charge in [-0.05, 0) is 12.8 Å². The van der Waals surface area contributed by atoms with Gasteiger partial charge in [0.15, 0.2) is 0 Å². The van der Waals surface area contributed by atoms with E-state index in [1.54, 1.807) is 18.2 Å². The van der Waals surface area contributed by atoms with Crippen LogP contribution in [0.3, 0.4) is 0 Å². The quantitative estimate of drug-likeness (QED) is 0.739. The number of anilines is 1. The van der Waals surface area contributed by atoms with Crippen LogP contribution in [-0.4, -0.2) is 28.9 Å². The van der Waals surface area contributed by atoms with Crippen LogP contribution in [0.15, 0.2) is 42.5 Å². The van der Waals surface area contributed by atoms with E-state index in [0.29, 0.717) is 11.5 Å². The predicted octanol–water partition coefficient (Wildman–Crippen LogP) is 3.72. The summed E-state index contributed by atoms with van der Waals surface area (Å²) < 4.78 is 20.8. The van der Waals surface area contributed by atoms with E-state index in [2.05, 4.69) is 27.5 Å². The van der Waals surface area contributed by atoms with Gasteiger partial charge in [0.25, 0.3) is 0 Å². The van der Waals surface area contributed by atoms with Gasteiger partial charge in [-0.1, -0.05) is 13.8 Å². The van der Waals surface area contributed by atoms with E-state index in [-0.39, 0.29) is 11.7 Å². The van der Waals surface area contributed by atoms with Gasteiger partial charge < -0.3 is 0 Å². The van der Waals surface area contributed by atoms with Crippen molar-refractivity contribution in [1.29, 1.82) is 0 Å². The van der Waals surface area contributed by atoms with E-state index < -0.39 is 11.8 Å². The number of nitrogens with one attached hydrogen (secondary N) is 2. The van der Waals surface area contributed by atoms with Crippen LogP contribution in [-0.2, 0) is 0 Å². The molecule has 0 aliphatic heterocycles. The average Bonchev–Trinajstić information content (AvgIpc) is 2.57. The van der Waals surface area contributed by atoms with Crippen LogP contribution < -0.4 is 19.7 Å². The zero-order chi connectivity index (χ0) is 17.5. The number of rotatable bonds is 6. The summed E-state index contributed by atoms with van der Waals surface area (Å²) in [5.74, 6) is 0.448. The van der Waals surface area contributed by atoms with Crippen molar-refractivity contribution in [3.8, 4) is 11.5 Å². The maximum atomic E-state index is 14.2.